The number of hydrogen-bond donors (Lipinski definition) is 1. The number of aliphatic hydroxyl groups is 1. The molecule has 4 rings (SSSR count). The Morgan fingerprint density at radius 2 is 1.78 bits per heavy atom. The zero-order valence-corrected chi connectivity index (χ0v) is 25.3. The van der Waals surface area contributed by atoms with E-state index in [9.17, 15) is 9.50 Å². The van der Waals surface area contributed by atoms with Crippen molar-refractivity contribution >= 4 is 13.9 Å². The van der Waals surface area contributed by atoms with Gasteiger partial charge in [0.15, 0.2) is 8.32 Å². The van der Waals surface area contributed by atoms with Crippen LogP contribution in [0.3, 0.4) is 0 Å². The predicted molar refractivity (Wildman–Crippen MR) is 154 cm³/mol. The molecule has 2 atom stereocenters. The van der Waals surface area contributed by atoms with E-state index in [1.165, 1.54) is 23.3 Å². The first-order valence-electron chi connectivity index (χ1n) is 14.0. The van der Waals surface area contributed by atoms with Gasteiger partial charge in [-0.1, -0.05) is 66.7 Å². The molecule has 0 saturated carbocycles. The monoisotopic (exact) mass is 523 g/mol. The Morgan fingerprint density at radius 1 is 1.14 bits per heavy atom. The molecule has 0 saturated heterocycles. The van der Waals surface area contributed by atoms with Crippen molar-refractivity contribution in [2.75, 3.05) is 0 Å². The largest absolute Gasteiger partial charge is 0.410 e. The van der Waals surface area contributed by atoms with Gasteiger partial charge in [0.05, 0.1) is 6.10 Å². The molecule has 37 heavy (non-hydrogen) atoms. The van der Waals surface area contributed by atoms with Crippen LogP contribution >= 0.6 is 0 Å². The van der Waals surface area contributed by atoms with E-state index in [1.54, 1.807) is 12.1 Å². The fourth-order valence-electron chi connectivity index (χ4n) is 5.70. The van der Waals surface area contributed by atoms with Crippen molar-refractivity contribution in [3.8, 4) is 0 Å². The van der Waals surface area contributed by atoms with Crippen molar-refractivity contribution in [1.29, 1.82) is 0 Å². The van der Waals surface area contributed by atoms with Crippen molar-refractivity contribution in [2.24, 2.45) is 5.41 Å². The van der Waals surface area contributed by atoms with Crippen molar-refractivity contribution in [3.05, 3.63) is 69.8 Å². The van der Waals surface area contributed by atoms with Gasteiger partial charge < -0.3 is 9.53 Å². The summed E-state index contributed by atoms with van der Waals surface area (Å²) in [5.41, 5.74) is 7.38. The minimum absolute atomic E-state index is 0.0657. The molecule has 0 fully saturated rings. The smallest absolute Gasteiger partial charge is 0.192 e. The molecule has 0 spiro atoms. The second kappa shape index (κ2) is 10.1. The zero-order valence-electron chi connectivity index (χ0n) is 24.3. The third kappa shape index (κ3) is 5.64. The van der Waals surface area contributed by atoms with E-state index in [0.29, 0.717) is 5.56 Å². The molecule has 5 heteroatoms. The summed E-state index contributed by atoms with van der Waals surface area (Å²) in [5.74, 6) is -0.159. The minimum Gasteiger partial charge on any atom is -0.410 e. The Kier molecular flexibility index (Phi) is 7.66. The van der Waals surface area contributed by atoms with Crippen LogP contribution in [0, 0.1) is 11.2 Å². The third-order valence-electron chi connectivity index (χ3n) is 8.70. The summed E-state index contributed by atoms with van der Waals surface area (Å²) in [5, 5.41) is 12.0. The van der Waals surface area contributed by atoms with Crippen LogP contribution in [0.1, 0.15) is 126 Å². The molecule has 1 heterocycles. The van der Waals surface area contributed by atoms with Crippen LogP contribution in [-0.2, 0) is 10.8 Å². The SMILES string of the molecule is CC(C)c1nc2c(c(C3=CCCC3)c1[C@H](O)c1ccc(F)cc1)C(O[Si](C)(C)C(C)(C)C)CC(C)(C)C2. The number of aliphatic hydroxyl groups excluding tert-OH is 1. The lowest BCUT2D eigenvalue weighted by atomic mass is 9.71. The lowest BCUT2D eigenvalue weighted by molar-refractivity contribution is 0.105. The molecule has 0 aliphatic heterocycles. The molecule has 1 unspecified atom stereocenters. The molecule has 1 aromatic carbocycles. The van der Waals surface area contributed by atoms with E-state index in [-0.39, 0.29) is 28.3 Å². The Balaban J connectivity index is 2.02. The van der Waals surface area contributed by atoms with E-state index in [0.717, 1.165) is 54.6 Å². The van der Waals surface area contributed by atoms with Crippen LogP contribution < -0.4 is 0 Å². The van der Waals surface area contributed by atoms with E-state index in [1.807, 2.05) is 0 Å². The second-order valence-corrected chi connectivity index (χ2v) is 18.5. The van der Waals surface area contributed by atoms with Crippen molar-refractivity contribution in [2.45, 2.75) is 117 Å². The van der Waals surface area contributed by atoms with Gasteiger partial charge in [0, 0.05) is 22.5 Å². The summed E-state index contributed by atoms with van der Waals surface area (Å²) in [4.78, 5) is 5.32. The normalized spacial score (nSPS) is 20.6. The van der Waals surface area contributed by atoms with Gasteiger partial charge in [-0.3, -0.25) is 4.98 Å². The maximum atomic E-state index is 13.8. The fourth-order valence-corrected chi connectivity index (χ4v) is 6.97. The molecule has 0 amide bonds. The van der Waals surface area contributed by atoms with Gasteiger partial charge in [-0.05, 0) is 90.4 Å². The lowest BCUT2D eigenvalue weighted by Gasteiger charge is -2.45. The molecule has 2 aliphatic rings. The summed E-state index contributed by atoms with van der Waals surface area (Å²) in [6.45, 7) is 20.5. The summed E-state index contributed by atoms with van der Waals surface area (Å²) < 4.78 is 21.0. The van der Waals surface area contributed by atoms with Crippen molar-refractivity contribution in [1.82, 2.24) is 4.98 Å². The van der Waals surface area contributed by atoms with Gasteiger partial charge in [-0.2, -0.15) is 0 Å². The van der Waals surface area contributed by atoms with Crippen LogP contribution in [0.25, 0.3) is 5.57 Å². The Morgan fingerprint density at radius 3 is 2.32 bits per heavy atom. The van der Waals surface area contributed by atoms with Gasteiger partial charge in [-0.25, -0.2) is 4.39 Å². The third-order valence-corrected chi connectivity index (χ3v) is 13.2. The van der Waals surface area contributed by atoms with E-state index in [4.69, 9.17) is 9.41 Å². The first-order valence-corrected chi connectivity index (χ1v) is 16.9. The van der Waals surface area contributed by atoms with E-state index in [2.05, 4.69) is 67.6 Å². The maximum Gasteiger partial charge on any atom is 0.192 e. The van der Waals surface area contributed by atoms with Gasteiger partial charge in [0.2, 0.25) is 0 Å². The number of aromatic nitrogens is 1. The number of benzene rings is 1. The first kappa shape index (κ1) is 28.2. The van der Waals surface area contributed by atoms with Crippen LogP contribution in [0.15, 0.2) is 30.3 Å². The van der Waals surface area contributed by atoms with Gasteiger partial charge in [0.1, 0.15) is 11.9 Å². The summed E-state index contributed by atoms with van der Waals surface area (Å²) in [6, 6.07) is 6.26. The highest BCUT2D eigenvalue weighted by Gasteiger charge is 2.45. The van der Waals surface area contributed by atoms with Gasteiger partial charge in [-0.15, -0.1) is 0 Å². The predicted octanol–water partition coefficient (Wildman–Crippen LogP) is 9.03. The molecule has 1 aromatic heterocycles. The van der Waals surface area contributed by atoms with Gasteiger partial charge >= 0.3 is 0 Å². The number of hydrogen-bond acceptors (Lipinski definition) is 3. The van der Waals surface area contributed by atoms with Crippen molar-refractivity contribution < 1.29 is 13.9 Å². The second-order valence-electron chi connectivity index (χ2n) is 13.8. The molecule has 0 radical (unpaired) electrons. The van der Waals surface area contributed by atoms with Crippen LogP contribution in [0.2, 0.25) is 18.1 Å². The van der Waals surface area contributed by atoms with Crippen LogP contribution in [-0.4, -0.2) is 18.4 Å². The Bertz CT molecular complexity index is 1170. The molecule has 2 aliphatic carbocycles. The maximum absolute atomic E-state index is 13.8. The molecule has 3 nitrogen and oxygen atoms in total. The summed E-state index contributed by atoms with van der Waals surface area (Å²) in [7, 11) is -2.09. The van der Waals surface area contributed by atoms with E-state index < -0.39 is 14.4 Å². The molecule has 202 valence electrons. The number of nitrogens with zero attached hydrogens (tertiary/aromatic N) is 1. The lowest BCUT2D eigenvalue weighted by Crippen LogP contribution is -2.44. The standard InChI is InChI=1S/C32H46FNO2Si/c1-20(2)29-28(30(35)22-14-16-23(33)17-15-22)26(21-12-10-11-13-21)27-24(34-29)18-32(6,7)19-25(27)36-37(8,9)31(3,4)5/h12,14-17,20,25,30,35H,10-11,13,18-19H2,1-9H3/t25?,30-/m1/s1. The van der Waals surface area contributed by atoms with Gasteiger partial charge in [0.25, 0.3) is 0 Å². The first-order chi connectivity index (χ1) is 17.1. The highest BCUT2D eigenvalue weighted by atomic mass is 28.4. The highest BCUT2D eigenvalue weighted by molar-refractivity contribution is 6.74. The topological polar surface area (TPSA) is 42.4 Å². The molecule has 2 aromatic rings. The summed E-state index contributed by atoms with van der Waals surface area (Å²) in [6.07, 6.45) is 6.40. The number of halogens is 1. The number of rotatable bonds is 6. The fraction of sp³-hybridized carbons (Fsp3) is 0.594. The average molecular weight is 524 g/mol. The van der Waals surface area contributed by atoms with Crippen LogP contribution in [0.4, 0.5) is 4.39 Å². The quantitative estimate of drug-likeness (QED) is 0.384. The van der Waals surface area contributed by atoms with Crippen molar-refractivity contribution in [3.63, 3.8) is 0 Å². The number of fused-ring (bicyclic) bond motifs is 1. The Labute approximate surface area is 224 Å². The molecular formula is C32H46FNO2Si. The number of pyridine rings is 1. The molecule has 1 N–H and O–H groups in total. The summed E-state index contributed by atoms with van der Waals surface area (Å²) >= 11 is 0. The zero-order chi connectivity index (χ0) is 27.3. The highest BCUT2D eigenvalue weighted by Crippen LogP contribution is 2.52. The molecule has 0 bridgehead atoms. The van der Waals surface area contributed by atoms with Crippen LogP contribution in [0.5, 0.6) is 0 Å². The van der Waals surface area contributed by atoms with E-state index >= 15 is 0 Å². The number of allylic oxidation sites excluding steroid dienone is 2. The minimum atomic E-state index is -2.09. The average Bonchev–Trinajstić information content (AvgIpc) is 3.30. The molecular weight excluding hydrogens is 477 g/mol. The Hall–Kier alpha value is -1.82.